The number of nitrogens with zero attached hydrogens (tertiary/aromatic N) is 2. The number of fused-ring (bicyclic) bond motifs is 1. The fraction of sp³-hybridized carbons (Fsp3) is 0.333. The van der Waals surface area contributed by atoms with Crippen LogP contribution in [0.2, 0.25) is 0 Å². The van der Waals surface area contributed by atoms with Crippen molar-refractivity contribution in [2.45, 2.75) is 65.2 Å². The number of nitriles is 1. The minimum Gasteiger partial charge on any atom is -0.255 e. The lowest BCUT2D eigenvalue weighted by Gasteiger charge is -2.24. The predicted octanol–water partition coefficient (Wildman–Crippen LogP) is 9.08. The molecule has 0 atom stereocenters. The molecule has 1 fully saturated rings. The van der Waals surface area contributed by atoms with Gasteiger partial charge in [-0.25, -0.2) is 0 Å². The Hall–Kier alpha value is -3.44. The van der Waals surface area contributed by atoms with Crippen LogP contribution in [-0.2, 0) is 6.42 Å². The summed E-state index contributed by atoms with van der Waals surface area (Å²) in [7, 11) is 0. The Morgan fingerprint density at radius 1 is 0.886 bits per heavy atom. The summed E-state index contributed by atoms with van der Waals surface area (Å²) >= 11 is 0. The lowest BCUT2D eigenvalue weighted by Crippen LogP contribution is -2.08. The van der Waals surface area contributed by atoms with E-state index in [1.807, 2.05) is 0 Å². The van der Waals surface area contributed by atoms with Crippen LogP contribution in [0.15, 0.2) is 72.9 Å². The second-order valence-corrected chi connectivity index (χ2v) is 11.3. The van der Waals surface area contributed by atoms with Crippen LogP contribution in [0.4, 0.5) is 0 Å². The van der Waals surface area contributed by atoms with Crippen molar-refractivity contribution < 1.29 is 0 Å². The maximum absolute atomic E-state index is 9.81. The van der Waals surface area contributed by atoms with E-state index in [-0.39, 0.29) is 5.41 Å². The summed E-state index contributed by atoms with van der Waals surface area (Å²) in [6, 6.07) is 26.5. The minimum atomic E-state index is 0.245. The largest absolute Gasteiger partial charge is 0.255 e. The Balaban J connectivity index is 1.58. The molecule has 0 N–H and O–H groups in total. The fourth-order valence-corrected chi connectivity index (χ4v) is 5.60. The molecule has 0 bridgehead atoms. The Morgan fingerprint density at radius 2 is 1.63 bits per heavy atom. The van der Waals surface area contributed by atoms with E-state index in [1.165, 1.54) is 54.0 Å². The summed E-state index contributed by atoms with van der Waals surface area (Å²) in [4.78, 5) is 4.74. The Bertz CT molecular complexity index is 1380. The average Bonchev–Trinajstić information content (AvgIpc) is 2.88. The fourth-order valence-electron chi connectivity index (χ4n) is 5.60. The van der Waals surface area contributed by atoms with Gasteiger partial charge in [-0.05, 0) is 76.3 Å². The predicted molar refractivity (Wildman–Crippen MR) is 146 cm³/mol. The van der Waals surface area contributed by atoms with Crippen LogP contribution in [0.25, 0.3) is 33.2 Å². The third kappa shape index (κ3) is 5.15. The van der Waals surface area contributed by atoms with Gasteiger partial charge in [-0.15, -0.1) is 0 Å². The summed E-state index contributed by atoms with van der Waals surface area (Å²) < 4.78 is 0. The first-order valence-corrected chi connectivity index (χ1v) is 12.9. The second kappa shape index (κ2) is 9.67. The van der Waals surface area contributed by atoms with E-state index in [4.69, 9.17) is 4.98 Å². The van der Waals surface area contributed by atoms with Crippen LogP contribution < -0.4 is 0 Å². The van der Waals surface area contributed by atoms with Crippen molar-refractivity contribution in [1.82, 2.24) is 4.98 Å². The molecule has 1 saturated carbocycles. The molecular formula is C33H34N2. The summed E-state index contributed by atoms with van der Waals surface area (Å²) in [5, 5.41) is 12.4. The highest BCUT2D eigenvalue weighted by molar-refractivity contribution is 5.91. The van der Waals surface area contributed by atoms with Gasteiger partial charge >= 0.3 is 0 Å². The van der Waals surface area contributed by atoms with Gasteiger partial charge in [0.05, 0.1) is 11.3 Å². The molecule has 35 heavy (non-hydrogen) atoms. The zero-order chi connectivity index (χ0) is 24.4. The molecular weight excluding hydrogens is 424 g/mol. The highest BCUT2D eigenvalue weighted by atomic mass is 14.7. The standard InChI is InChI=1S/C33H34N2/c1-33(2,3)20-23-13-15-25(16-14-23)30-19-32(35-22-28(30)21-34)27-17-26-11-7-8-12-29(26)31(18-27)24-9-5-4-6-10-24/h7-8,11-19,22,24H,4-6,9-10,20H2,1-3H3. The number of hydrogen-bond donors (Lipinski definition) is 0. The van der Waals surface area contributed by atoms with Crippen LogP contribution >= 0.6 is 0 Å². The van der Waals surface area contributed by atoms with Crippen LogP contribution in [0.5, 0.6) is 0 Å². The summed E-state index contributed by atoms with van der Waals surface area (Å²) in [6.45, 7) is 6.78. The van der Waals surface area contributed by atoms with Gasteiger partial charge in [0.1, 0.15) is 6.07 Å². The maximum Gasteiger partial charge on any atom is 0.101 e. The molecule has 2 heteroatoms. The van der Waals surface area contributed by atoms with E-state index >= 15 is 0 Å². The molecule has 1 aliphatic carbocycles. The smallest absolute Gasteiger partial charge is 0.101 e. The molecule has 0 radical (unpaired) electrons. The van der Waals surface area contributed by atoms with Crippen LogP contribution in [0.3, 0.4) is 0 Å². The van der Waals surface area contributed by atoms with Gasteiger partial charge in [0.2, 0.25) is 0 Å². The molecule has 0 saturated heterocycles. The first-order valence-electron chi connectivity index (χ1n) is 12.9. The maximum atomic E-state index is 9.81. The van der Waals surface area contributed by atoms with E-state index in [0.29, 0.717) is 11.5 Å². The monoisotopic (exact) mass is 458 g/mol. The Kier molecular flexibility index (Phi) is 6.44. The molecule has 176 valence electrons. The van der Waals surface area contributed by atoms with E-state index in [9.17, 15) is 5.26 Å². The topological polar surface area (TPSA) is 36.7 Å². The number of hydrogen-bond acceptors (Lipinski definition) is 2. The molecule has 0 aliphatic heterocycles. The highest BCUT2D eigenvalue weighted by Gasteiger charge is 2.20. The third-order valence-corrected chi connectivity index (χ3v) is 7.26. The molecule has 3 aromatic carbocycles. The lowest BCUT2D eigenvalue weighted by atomic mass is 9.81. The number of rotatable bonds is 4. The molecule has 0 spiro atoms. The number of pyridine rings is 1. The van der Waals surface area contributed by atoms with Crippen LogP contribution in [0.1, 0.15) is 75.5 Å². The SMILES string of the molecule is CC(C)(C)Cc1ccc(-c2cc(-c3cc(C4CCCCC4)c4ccccc4c3)ncc2C#N)cc1. The quantitative estimate of drug-likeness (QED) is 0.306. The number of benzene rings is 3. The molecule has 5 rings (SSSR count). The highest BCUT2D eigenvalue weighted by Crippen LogP contribution is 2.39. The Labute approximate surface area is 209 Å². The van der Waals surface area contributed by atoms with Gasteiger partial charge in [0, 0.05) is 17.3 Å². The second-order valence-electron chi connectivity index (χ2n) is 11.3. The van der Waals surface area contributed by atoms with Gasteiger partial charge in [0.15, 0.2) is 0 Å². The summed E-state index contributed by atoms with van der Waals surface area (Å²) in [5.41, 5.74) is 7.72. The van der Waals surface area contributed by atoms with Crippen molar-refractivity contribution in [3.8, 4) is 28.5 Å². The Morgan fingerprint density at radius 3 is 2.34 bits per heavy atom. The first-order chi connectivity index (χ1) is 16.9. The van der Waals surface area contributed by atoms with Gasteiger partial charge in [-0.3, -0.25) is 4.98 Å². The zero-order valence-electron chi connectivity index (χ0n) is 21.1. The van der Waals surface area contributed by atoms with Crippen molar-refractivity contribution in [1.29, 1.82) is 5.26 Å². The van der Waals surface area contributed by atoms with Gasteiger partial charge in [-0.1, -0.05) is 88.6 Å². The van der Waals surface area contributed by atoms with Crippen molar-refractivity contribution >= 4 is 10.8 Å². The van der Waals surface area contributed by atoms with E-state index < -0.39 is 0 Å². The molecule has 1 aromatic heterocycles. The summed E-state index contributed by atoms with van der Waals surface area (Å²) in [6.07, 6.45) is 9.27. The van der Waals surface area contributed by atoms with Gasteiger partial charge in [0.25, 0.3) is 0 Å². The zero-order valence-corrected chi connectivity index (χ0v) is 21.1. The normalized spacial score (nSPS) is 14.7. The molecule has 2 nitrogen and oxygen atoms in total. The molecule has 1 heterocycles. The van der Waals surface area contributed by atoms with E-state index in [0.717, 1.165) is 28.8 Å². The van der Waals surface area contributed by atoms with Crippen molar-refractivity contribution in [2.24, 2.45) is 5.41 Å². The molecule has 4 aromatic rings. The first kappa shape index (κ1) is 23.3. The van der Waals surface area contributed by atoms with Crippen molar-refractivity contribution in [3.05, 3.63) is 89.6 Å². The van der Waals surface area contributed by atoms with Crippen molar-refractivity contribution in [2.75, 3.05) is 0 Å². The molecule has 0 amide bonds. The van der Waals surface area contributed by atoms with E-state index in [1.54, 1.807) is 6.20 Å². The van der Waals surface area contributed by atoms with Crippen molar-refractivity contribution in [3.63, 3.8) is 0 Å². The number of aromatic nitrogens is 1. The average molecular weight is 459 g/mol. The van der Waals surface area contributed by atoms with E-state index in [2.05, 4.69) is 93.6 Å². The molecule has 1 aliphatic rings. The van der Waals surface area contributed by atoms with Crippen LogP contribution in [-0.4, -0.2) is 4.98 Å². The van der Waals surface area contributed by atoms with Gasteiger partial charge < -0.3 is 0 Å². The minimum absolute atomic E-state index is 0.245. The molecule has 0 unspecified atom stereocenters. The summed E-state index contributed by atoms with van der Waals surface area (Å²) in [5.74, 6) is 0.613. The van der Waals surface area contributed by atoms with Crippen LogP contribution in [0, 0.1) is 16.7 Å². The van der Waals surface area contributed by atoms with Gasteiger partial charge in [-0.2, -0.15) is 5.26 Å². The lowest BCUT2D eigenvalue weighted by molar-refractivity contribution is 0.411. The third-order valence-electron chi connectivity index (χ3n) is 7.26.